The van der Waals surface area contributed by atoms with E-state index in [0.29, 0.717) is 12.5 Å². The summed E-state index contributed by atoms with van der Waals surface area (Å²) in [5.74, 6) is 1.23. The molecule has 1 aliphatic heterocycles. The first-order valence-corrected chi connectivity index (χ1v) is 7.53. The van der Waals surface area contributed by atoms with Crippen LogP contribution in [0.1, 0.15) is 25.5 Å². The molecule has 0 bridgehead atoms. The van der Waals surface area contributed by atoms with Crippen LogP contribution in [0, 0.1) is 5.92 Å². The number of hydrogen-bond acceptors (Lipinski definition) is 5. The minimum absolute atomic E-state index is 0. The van der Waals surface area contributed by atoms with Crippen molar-refractivity contribution in [3.8, 4) is 0 Å². The Morgan fingerprint density at radius 1 is 1.57 bits per heavy atom. The molecule has 1 aromatic heterocycles. The number of halogens is 1. The van der Waals surface area contributed by atoms with E-state index in [4.69, 9.17) is 0 Å². The van der Waals surface area contributed by atoms with Gasteiger partial charge in [0.25, 0.3) is 0 Å². The zero-order valence-corrected chi connectivity index (χ0v) is 16.2. The Bertz CT molecular complexity index is 533. The van der Waals surface area contributed by atoms with Crippen molar-refractivity contribution in [2.45, 2.75) is 32.9 Å². The Hall–Kier alpha value is -1.39. The van der Waals surface area contributed by atoms with E-state index in [2.05, 4.69) is 37.2 Å². The zero-order valence-electron chi connectivity index (χ0n) is 13.9. The highest BCUT2D eigenvalue weighted by Gasteiger charge is 2.19. The number of aliphatic imine (C=N–C) groups is 1. The van der Waals surface area contributed by atoms with Crippen molar-refractivity contribution >= 4 is 35.9 Å². The summed E-state index contributed by atoms with van der Waals surface area (Å²) in [6.45, 7) is 4.91. The Labute approximate surface area is 153 Å². The molecule has 130 valence electrons. The fourth-order valence-electron chi connectivity index (χ4n) is 2.58. The average molecular weight is 436 g/mol. The number of carbonyl (C=O) groups is 1. The standard InChI is InChI=1S/C14H24N6O2.HI/c1-11-5-4-6-19(8-11)14(15-2)16-7-12-9-20(18-17-12)10-13(21)22-3;/h9,11H,4-8,10H2,1-3H3,(H,15,16);1H. The third-order valence-corrected chi connectivity index (χ3v) is 3.70. The van der Waals surface area contributed by atoms with Gasteiger partial charge in [0.15, 0.2) is 5.96 Å². The van der Waals surface area contributed by atoms with Crippen molar-refractivity contribution in [3.05, 3.63) is 11.9 Å². The molecule has 0 aromatic carbocycles. The zero-order chi connectivity index (χ0) is 15.9. The number of aromatic nitrogens is 3. The van der Waals surface area contributed by atoms with Gasteiger partial charge in [-0.1, -0.05) is 12.1 Å². The van der Waals surface area contributed by atoms with Crippen molar-refractivity contribution in [2.24, 2.45) is 10.9 Å². The van der Waals surface area contributed by atoms with E-state index in [9.17, 15) is 4.79 Å². The quantitative estimate of drug-likeness (QED) is 0.327. The minimum atomic E-state index is -0.345. The van der Waals surface area contributed by atoms with Gasteiger partial charge in [0.2, 0.25) is 0 Å². The lowest BCUT2D eigenvalue weighted by Crippen LogP contribution is -2.45. The molecule has 9 heteroatoms. The number of guanidine groups is 1. The van der Waals surface area contributed by atoms with Crippen LogP contribution in [0.5, 0.6) is 0 Å². The van der Waals surface area contributed by atoms with E-state index in [0.717, 1.165) is 24.7 Å². The van der Waals surface area contributed by atoms with Gasteiger partial charge in [0.1, 0.15) is 12.2 Å². The number of hydrogen-bond donors (Lipinski definition) is 1. The molecule has 1 fully saturated rings. The van der Waals surface area contributed by atoms with Gasteiger partial charge in [-0.05, 0) is 18.8 Å². The number of rotatable bonds is 4. The molecule has 0 saturated carbocycles. The monoisotopic (exact) mass is 436 g/mol. The predicted molar refractivity (Wildman–Crippen MR) is 97.6 cm³/mol. The summed E-state index contributed by atoms with van der Waals surface area (Å²) in [6, 6.07) is 0. The number of carbonyl (C=O) groups excluding carboxylic acids is 1. The van der Waals surface area contributed by atoms with E-state index in [1.807, 2.05) is 0 Å². The molecule has 1 N–H and O–H groups in total. The predicted octanol–water partition coefficient (Wildman–Crippen LogP) is 0.876. The number of nitrogens with zero attached hydrogens (tertiary/aromatic N) is 5. The van der Waals surface area contributed by atoms with Crippen LogP contribution >= 0.6 is 24.0 Å². The van der Waals surface area contributed by atoms with E-state index >= 15 is 0 Å². The van der Waals surface area contributed by atoms with E-state index < -0.39 is 0 Å². The molecule has 0 amide bonds. The van der Waals surface area contributed by atoms with Gasteiger partial charge in [-0.15, -0.1) is 29.1 Å². The lowest BCUT2D eigenvalue weighted by Gasteiger charge is -2.33. The van der Waals surface area contributed by atoms with Gasteiger partial charge in [-0.25, -0.2) is 4.68 Å². The van der Waals surface area contributed by atoms with Crippen LogP contribution in [-0.4, -0.2) is 59.1 Å². The topological polar surface area (TPSA) is 84.6 Å². The number of nitrogens with one attached hydrogen (secondary N) is 1. The molecule has 0 aliphatic carbocycles. The third kappa shape index (κ3) is 5.96. The van der Waals surface area contributed by atoms with Crippen LogP contribution in [0.4, 0.5) is 0 Å². The smallest absolute Gasteiger partial charge is 0.327 e. The van der Waals surface area contributed by atoms with Crippen LogP contribution in [0.2, 0.25) is 0 Å². The second-order valence-corrected chi connectivity index (χ2v) is 5.58. The van der Waals surface area contributed by atoms with E-state index in [1.54, 1.807) is 13.2 Å². The fraction of sp³-hybridized carbons (Fsp3) is 0.714. The largest absolute Gasteiger partial charge is 0.468 e. The third-order valence-electron chi connectivity index (χ3n) is 3.70. The molecular weight excluding hydrogens is 411 g/mol. The summed E-state index contributed by atoms with van der Waals surface area (Å²) in [7, 11) is 3.14. The molecule has 2 rings (SSSR count). The van der Waals surface area contributed by atoms with Crippen LogP contribution in [-0.2, 0) is 22.6 Å². The van der Waals surface area contributed by atoms with E-state index in [-0.39, 0.29) is 36.5 Å². The van der Waals surface area contributed by atoms with Crippen LogP contribution in [0.15, 0.2) is 11.2 Å². The van der Waals surface area contributed by atoms with Crippen LogP contribution < -0.4 is 5.32 Å². The van der Waals surface area contributed by atoms with Crippen LogP contribution in [0.25, 0.3) is 0 Å². The Kier molecular flexibility index (Phi) is 8.28. The Balaban J connectivity index is 0.00000264. The summed E-state index contributed by atoms with van der Waals surface area (Å²) >= 11 is 0. The molecule has 23 heavy (non-hydrogen) atoms. The maximum Gasteiger partial charge on any atom is 0.327 e. The Morgan fingerprint density at radius 3 is 3.00 bits per heavy atom. The van der Waals surface area contributed by atoms with Crippen molar-refractivity contribution in [3.63, 3.8) is 0 Å². The highest BCUT2D eigenvalue weighted by atomic mass is 127. The van der Waals surface area contributed by atoms with Gasteiger partial charge < -0.3 is 15.0 Å². The summed E-state index contributed by atoms with van der Waals surface area (Å²) in [6.07, 6.45) is 4.20. The normalized spacial score (nSPS) is 18.3. The first-order valence-electron chi connectivity index (χ1n) is 7.53. The second kappa shape index (κ2) is 9.68. The molecule has 1 aromatic rings. The summed E-state index contributed by atoms with van der Waals surface area (Å²) in [5.41, 5.74) is 0.759. The molecule has 8 nitrogen and oxygen atoms in total. The minimum Gasteiger partial charge on any atom is -0.468 e. The average Bonchev–Trinajstić information content (AvgIpc) is 2.95. The lowest BCUT2D eigenvalue weighted by atomic mass is 10.0. The fourth-order valence-corrected chi connectivity index (χ4v) is 2.58. The van der Waals surface area contributed by atoms with Gasteiger partial charge in [0.05, 0.1) is 19.9 Å². The maximum absolute atomic E-state index is 11.2. The molecule has 1 unspecified atom stereocenters. The van der Waals surface area contributed by atoms with E-state index in [1.165, 1.54) is 24.6 Å². The molecular formula is C14H25IN6O2. The van der Waals surface area contributed by atoms with Crippen molar-refractivity contribution in [1.82, 2.24) is 25.2 Å². The number of ether oxygens (including phenoxy) is 1. The SMILES string of the molecule is CN=C(NCc1cn(CC(=O)OC)nn1)N1CCCC(C)C1.I. The Morgan fingerprint density at radius 2 is 2.35 bits per heavy atom. The molecule has 0 spiro atoms. The molecule has 1 saturated heterocycles. The van der Waals surface area contributed by atoms with Gasteiger partial charge in [-0.2, -0.15) is 0 Å². The number of piperidine rings is 1. The lowest BCUT2D eigenvalue weighted by molar-refractivity contribution is -0.141. The summed E-state index contributed by atoms with van der Waals surface area (Å²) in [5, 5.41) is 11.2. The molecule has 0 radical (unpaired) electrons. The van der Waals surface area contributed by atoms with Crippen molar-refractivity contribution in [1.29, 1.82) is 0 Å². The first kappa shape index (κ1) is 19.7. The maximum atomic E-state index is 11.2. The van der Waals surface area contributed by atoms with Gasteiger partial charge in [-0.3, -0.25) is 9.79 Å². The number of likely N-dealkylation sites (tertiary alicyclic amines) is 1. The molecule has 1 aliphatic rings. The highest BCUT2D eigenvalue weighted by molar-refractivity contribution is 14.0. The van der Waals surface area contributed by atoms with Crippen molar-refractivity contribution in [2.75, 3.05) is 27.2 Å². The second-order valence-electron chi connectivity index (χ2n) is 5.58. The summed E-state index contributed by atoms with van der Waals surface area (Å²) < 4.78 is 6.07. The van der Waals surface area contributed by atoms with Gasteiger partial charge in [0, 0.05) is 20.1 Å². The van der Waals surface area contributed by atoms with Crippen LogP contribution in [0.3, 0.4) is 0 Å². The number of methoxy groups -OCH3 is 1. The first-order chi connectivity index (χ1) is 10.6. The highest BCUT2D eigenvalue weighted by Crippen LogP contribution is 2.15. The molecule has 2 heterocycles. The van der Waals surface area contributed by atoms with Gasteiger partial charge >= 0.3 is 5.97 Å². The summed E-state index contributed by atoms with van der Waals surface area (Å²) in [4.78, 5) is 17.8. The number of esters is 1. The molecule has 1 atom stereocenters. The van der Waals surface area contributed by atoms with Crippen molar-refractivity contribution < 1.29 is 9.53 Å².